The first-order valence-electron chi connectivity index (χ1n) is 10.7. The van der Waals surface area contributed by atoms with Crippen LogP contribution in [0.1, 0.15) is 39.7 Å². The minimum Gasteiger partial charge on any atom is -0.439 e. The van der Waals surface area contributed by atoms with Gasteiger partial charge in [0.05, 0.1) is 0 Å². The zero-order valence-corrected chi connectivity index (χ0v) is 18.6. The Balaban J connectivity index is 1.61. The summed E-state index contributed by atoms with van der Waals surface area (Å²) in [4.78, 5) is 11.3. The molecule has 31 heavy (non-hydrogen) atoms. The standard InChI is InChI=1S/C26H29N3O2/c1-5-23(26(2,3)4)29(25-28-21-10-6-7-11-22(21)31-25)18-19-13-15-20(16-14-19)30-24-12-8-9-17-27-24/h6-17,23H,5,18H2,1-4H3. The van der Waals surface area contributed by atoms with E-state index in [1.807, 2.05) is 54.6 Å². The Morgan fingerprint density at radius 1 is 0.968 bits per heavy atom. The number of anilines is 1. The largest absolute Gasteiger partial charge is 0.439 e. The van der Waals surface area contributed by atoms with Gasteiger partial charge in [0.25, 0.3) is 6.01 Å². The number of benzene rings is 2. The molecule has 0 fully saturated rings. The average Bonchev–Trinajstić information content (AvgIpc) is 3.19. The molecule has 0 N–H and O–H groups in total. The van der Waals surface area contributed by atoms with Crippen molar-refractivity contribution < 1.29 is 9.15 Å². The fraction of sp³-hybridized carbons (Fsp3) is 0.308. The van der Waals surface area contributed by atoms with E-state index in [1.165, 1.54) is 5.56 Å². The highest BCUT2D eigenvalue weighted by molar-refractivity contribution is 5.74. The molecule has 0 bridgehead atoms. The molecular formula is C26H29N3O2. The number of para-hydroxylation sites is 2. The molecule has 4 rings (SSSR count). The Morgan fingerprint density at radius 3 is 2.35 bits per heavy atom. The number of pyridine rings is 1. The third-order valence-electron chi connectivity index (χ3n) is 5.43. The fourth-order valence-electron chi connectivity index (χ4n) is 3.98. The van der Waals surface area contributed by atoms with Gasteiger partial charge in [0.15, 0.2) is 5.58 Å². The first-order chi connectivity index (χ1) is 14.9. The number of rotatable bonds is 7. The highest BCUT2D eigenvalue weighted by Crippen LogP contribution is 2.34. The second-order valence-corrected chi connectivity index (χ2v) is 8.80. The van der Waals surface area contributed by atoms with Crippen LogP contribution in [0.25, 0.3) is 11.1 Å². The normalized spacial score (nSPS) is 12.6. The summed E-state index contributed by atoms with van der Waals surface area (Å²) in [5, 5.41) is 0. The summed E-state index contributed by atoms with van der Waals surface area (Å²) in [6.07, 6.45) is 2.71. The lowest BCUT2D eigenvalue weighted by Gasteiger charge is -2.39. The van der Waals surface area contributed by atoms with Gasteiger partial charge in [-0.25, -0.2) is 4.98 Å². The maximum Gasteiger partial charge on any atom is 0.298 e. The zero-order valence-electron chi connectivity index (χ0n) is 18.6. The zero-order chi connectivity index (χ0) is 21.8. The SMILES string of the molecule is CCC(N(Cc1ccc(Oc2ccccn2)cc1)c1nc2ccccc2o1)C(C)(C)C. The van der Waals surface area contributed by atoms with Crippen LogP contribution in [0.15, 0.2) is 77.3 Å². The van der Waals surface area contributed by atoms with E-state index in [-0.39, 0.29) is 11.5 Å². The fourth-order valence-corrected chi connectivity index (χ4v) is 3.98. The molecule has 2 aromatic carbocycles. The summed E-state index contributed by atoms with van der Waals surface area (Å²) >= 11 is 0. The number of aromatic nitrogens is 2. The Morgan fingerprint density at radius 2 is 1.71 bits per heavy atom. The van der Waals surface area contributed by atoms with E-state index in [4.69, 9.17) is 14.1 Å². The monoisotopic (exact) mass is 415 g/mol. The maximum absolute atomic E-state index is 6.16. The van der Waals surface area contributed by atoms with Gasteiger partial charge in [-0.1, -0.05) is 58.0 Å². The highest BCUT2D eigenvalue weighted by atomic mass is 16.5. The van der Waals surface area contributed by atoms with Gasteiger partial charge in [-0.15, -0.1) is 0 Å². The van der Waals surface area contributed by atoms with Crippen molar-refractivity contribution in [1.82, 2.24) is 9.97 Å². The summed E-state index contributed by atoms with van der Waals surface area (Å²) in [7, 11) is 0. The summed E-state index contributed by atoms with van der Waals surface area (Å²) in [5.41, 5.74) is 2.92. The lowest BCUT2D eigenvalue weighted by molar-refractivity contribution is 0.283. The van der Waals surface area contributed by atoms with E-state index in [9.17, 15) is 0 Å². The van der Waals surface area contributed by atoms with Gasteiger partial charge >= 0.3 is 0 Å². The first kappa shape index (κ1) is 20.9. The average molecular weight is 416 g/mol. The quantitative estimate of drug-likeness (QED) is 0.330. The van der Waals surface area contributed by atoms with Crippen LogP contribution in [0.4, 0.5) is 6.01 Å². The van der Waals surface area contributed by atoms with Crippen molar-refractivity contribution >= 4 is 17.1 Å². The summed E-state index contributed by atoms with van der Waals surface area (Å²) < 4.78 is 12.0. The number of hydrogen-bond donors (Lipinski definition) is 0. The van der Waals surface area contributed by atoms with E-state index in [0.29, 0.717) is 18.4 Å². The van der Waals surface area contributed by atoms with Crippen molar-refractivity contribution in [2.75, 3.05) is 4.90 Å². The van der Waals surface area contributed by atoms with Gasteiger partial charge in [-0.05, 0) is 47.7 Å². The highest BCUT2D eigenvalue weighted by Gasteiger charge is 2.32. The van der Waals surface area contributed by atoms with Gasteiger partial charge in [0.2, 0.25) is 5.88 Å². The van der Waals surface area contributed by atoms with Gasteiger partial charge in [-0.2, -0.15) is 4.98 Å². The summed E-state index contributed by atoms with van der Waals surface area (Å²) in [6, 6.07) is 22.6. The molecule has 2 heterocycles. The molecule has 1 unspecified atom stereocenters. The summed E-state index contributed by atoms with van der Waals surface area (Å²) in [6.45, 7) is 9.71. The van der Waals surface area contributed by atoms with Crippen molar-refractivity contribution in [3.63, 3.8) is 0 Å². The number of nitrogens with zero attached hydrogens (tertiary/aromatic N) is 3. The molecule has 4 aromatic rings. The third-order valence-corrected chi connectivity index (χ3v) is 5.43. The molecule has 0 radical (unpaired) electrons. The molecule has 0 saturated carbocycles. The van der Waals surface area contributed by atoms with Crippen LogP contribution in [-0.2, 0) is 6.54 Å². The van der Waals surface area contributed by atoms with Crippen LogP contribution in [-0.4, -0.2) is 16.0 Å². The molecule has 5 heteroatoms. The van der Waals surface area contributed by atoms with Crippen LogP contribution < -0.4 is 9.64 Å². The van der Waals surface area contributed by atoms with Gasteiger partial charge in [0, 0.05) is 24.8 Å². The number of ether oxygens (including phenoxy) is 1. The first-order valence-corrected chi connectivity index (χ1v) is 10.7. The molecule has 0 aliphatic rings. The molecule has 0 aliphatic heterocycles. The van der Waals surface area contributed by atoms with E-state index < -0.39 is 0 Å². The Labute approximate surface area is 183 Å². The van der Waals surface area contributed by atoms with E-state index in [0.717, 1.165) is 23.3 Å². The van der Waals surface area contributed by atoms with Crippen LogP contribution in [0.5, 0.6) is 11.6 Å². The van der Waals surface area contributed by atoms with Crippen molar-refractivity contribution in [3.8, 4) is 11.6 Å². The van der Waals surface area contributed by atoms with Crippen LogP contribution in [0.2, 0.25) is 0 Å². The Kier molecular flexibility index (Phi) is 5.94. The molecule has 0 saturated heterocycles. The lowest BCUT2D eigenvalue weighted by atomic mass is 9.84. The van der Waals surface area contributed by atoms with E-state index in [2.05, 4.69) is 49.7 Å². The Hall–Kier alpha value is -3.34. The van der Waals surface area contributed by atoms with Crippen molar-refractivity contribution in [1.29, 1.82) is 0 Å². The lowest BCUT2D eigenvalue weighted by Crippen LogP contribution is -2.43. The number of fused-ring (bicyclic) bond motifs is 1. The molecule has 0 amide bonds. The van der Waals surface area contributed by atoms with Crippen LogP contribution in [0, 0.1) is 5.41 Å². The second kappa shape index (κ2) is 8.80. The van der Waals surface area contributed by atoms with Gasteiger partial charge in [-0.3, -0.25) is 0 Å². The molecule has 5 nitrogen and oxygen atoms in total. The van der Waals surface area contributed by atoms with E-state index >= 15 is 0 Å². The summed E-state index contributed by atoms with van der Waals surface area (Å²) in [5.74, 6) is 1.35. The predicted molar refractivity (Wildman–Crippen MR) is 124 cm³/mol. The molecule has 0 aliphatic carbocycles. The molecule has 0 spiro atoms. The van der Waals surface area contributed by atoms with Crippen molar-refractivity contribution in [2.45, 2.75) is 46.7 Å². The predicted octanol–water partition coefficient (Wildman–Crippen LogP) is 6.85. The smallest absolute Gasteiger partial charge is 0.298 e. The number of oxazole rings is 1. The van der Waals surface area contributed by atoms with Crippen LogP contribution in [0.3, 0.4) is 0 Å². The Bertz CT molecular complexity index is 1080. The maximum atomic E-state index is 6.16. The number of hydrogen-bond acceptors (Lipinski definition) is 5. The molecular weight excluding hydrogens is 386 g/mol. The van der Waals surface area contributed by atoms with Gasteiger partial charge < -0.3 is 14.1 Å². The molecule has 160 valence electrons. The topological polar surface area (TPSA) is 51.4 Å². The second-order valence-electron chi connectivity index (χ2n) is 8.80. The van der Waals surface area contributed by atoms with Crippen LogP contribution >= 0.6 is 0 Å². The molecule has 1 atom stereocenters. The van der Waals surface area contributed by atoms with Crippen molar-refractivity contribution in [3.05, 3.63) is 78.5 Å². The van der Waals surface area contributed by atoms with Crippen molar-refractivity contribution in [2.24, 2.45) is 5.41 Å². The minimum atomic E-state index is 0.0669. The third kappa shape index (κ3) is 4.88. The minimum absolute atomic E-state index is 0.0669. The molecule has 2 aromatic heterocycles. The van der Waals surface area contributed by atoms with Gasteiger partial charge in [0.1, 0.15) is 11.3 Å². The van der Waals surface area contributed by atoms with E-state index in [1.54, 1.807) is 6.20 Å².